The molecule has 1 aliphatic heterocycles. The summed E-state index contributed by atoms with van der Waals surface area (Å²) in [4.78, 5) is 24.0. The van der Waals surface area contributed by atoms with Crippen LogP contribution in [0.15, 0.2) is 62.7 Å². The third kappa shape index (κ3) is 4.20. The number of hydrogen-bond acceptors (Lipinski definition) is 7. The van der Waals surface area contributed by atoms with Crippen LogP contribution in [0, 0.1) is 6.92 Å². The summed E-state index contributed by atoms with van der Waals surface area (Å²) in [6.07, 6.45) is 1.65. The number of nitrogens with zero attached hydrogens (tertiary/aromatic N) is 4. The van der Waals surface area contributed by atoms with Gasteiger partial charge >= 0.3 is 0 Å². The fourth-order valence-corrected chi connectivity index (χ4v) is 4.73. The van der Waals surface area contributed by atoms with Gasteiger partial charge in [-0.05, 0) is 43.5 Å². The number of hydrogen-bond donors (Lipinski definition) is 0. The molecule has 0 saturated carbocycles. The second-order valence-electron chi connectivity index (χ2n) is 7.64. The lowest BCUT2D eigenvalue weighted by atomic mass is 9.96. The lowest BCUT2D eigenvalue weighted by molar-refractivity contribution is 0.0703. The summed E-state index contributed by atoms with van der Waals surface area (Å²) < 4.78 is 11.1. The van der Waals surface area contributed by atoms with E-state index in [9.17, 15) is 4.79 Å². The summed E-state index contributed by atoms with van der Waals surface area (Å²) in [5, 5.41) is 4.49. The fraction of sp³-hybridized carbons (Fsp3) is 0.304. The number of benzene rings is 2. The molecule has 0 radical (unpaired) electrons. The smallest absolute Gasteiger partial charge is 0.257 e. The first-order chi connectivity index (χ1) is 15.2. The minimum absolute atomic E-state index is 0.0638. The van der Waals surface area contributed by atoms with Gasteiger partial charge in [-0.2, -0.15) is 4.98 Å². The van der Waals surface area contributed by atoms with Crippen LogP contribution in [0.25, 0.3) is 11.1 Å². The molecule has 0 unspecified atom stereocenters. The molecule has 3 heterocycles. The average molecular weight is 435 g/mol. The minimum Gasteiger partial charge on any atom is -0.431 e. The van der Waals surface area contributed by atoms with E-state index in [4.69, 9.17) is 8.94 Å². The van der Waals surface area contributed by atoms with E-state index in [-0.39, 0.29) is 11.8 Å². The first-order valence-corrected chi connectivity index (χ1v) is 11.3. The molecular weight excluding hydrogens is 412 g/mol. The van der Waals surface area contributed by atoms with Gasteiger partial charge in [-0.25, -0.2) is 4.98 Å². The molecule has 0 N–H and O–H groups in total. The number of carbonyl (C=O) groups is 1. The predicted molar refractivity (Wildman–Crippen MR) is 117 cm³/mol. The Morgan fingerprint density at radius 3 is 2.65 bits per heavy atom. The molecule has 5 rings (SSSR count). The Labute approximate surface area is 183 Å². The van der Waals surface area contributed by atoms with E-state index in [1.54, 1.807) is 0 Å². The first kappa shape index (κ1) is 19.8. The van der Waals surface area contributed by atoms with Crippen LogP contribution in [0.4, 0.5) is 0 Å². The Morgan fingerprint density at radius 1 is 1.10 bits per heavy atom. The van der Waals surface area contributed by atoms with Crippen molar-refractivity contribution in [3.05, 3.63) is 71.4 Å². The fourth-order valence-electron chi connectivity index (χ4n) is 3.89. The van der Waals surface area contributed by atoms with Crippen LogP contribution in [-0.4, -0.2) is 39.0 Å². The largest absolute Gasteiger partial charge is 0.431 e. The van der Waals surface area contributed by atoms with Crippen LogP contribution < -0.4 is 0 Å². The van der Waals surface area contributed by atoms with Crippen molar-refractivity contribution in [1.82, 2.24) is 20.0 Å². The van der Waals surface area contributed by atoms with Crippen LogP contribution in [0.3, 0.4) is 0 Å². The van der Waals surface area contributed by atoms with Gasteiger partial charge in [0.05, 0.1) is 0 Å². The van der Waals surface area contributed by atoms with E-state index in [2.05, 4.69) is 15.1 Å². The first-order valence-electron chi connectivity index (χ1n) is 10.3. The third-order valence-corrected chi connectivity index (χ3v) is 6.42. The minimum atomic E-state index is 0.0638. The van der Waals surface area contributed by atoms with Gasteiger partial charge in [0.15, 0.2) is 11.4 Å². The number of amides is 1. The summed E-state index contributed by atoms with van der Waals surface area (Å²) >= 11 is 1.50. The van der Waals surface area contributed by atoms with Crippen molar-refractivity contribution in [2.45, 2.75) is 36.7 Å². The zero-order valence-corrected chi connectivity index (χ0v) is 18.0. The Balaban J connectivity index is 1.26. The highest BCUT2D eigenvalue weighted by Gasteiger charge is 2.28. The quantitative estimate of drug-likeness (QED) is 0.416. The highest BCUT2D eigenvalue weighted by Crippen LogP contribution is 2.30. The zero-order valence-electron chi connectivity index (χ0n) is 17.2. The molecule has 1 aliphatic rings. The van der Waals surface area contributed by atoms with Crippen LogP contribution in [0.2, 0.25) is 0 Å². The predicted octanol–water partition coefficient (Wildman–Crippen LogP) is 4.83. The molecule has 31 heavy (non-hydrogen) atoms. The Kier molecular flexibility index (Phi) is 5.46. The molecule has 4 aromatic rings. The standard InChI is InChI=1S/C23H22N4O3S/c1-15-24-21(30-26-15)16-10-12-27(13-11-16)22(28)18-7-3-2-6-17(18)14-31-23-25-19-8-4-5-9-20(19)29-23/h2-9,16H,10-14H2,1H3. The molecule has 0 spiro atoms. The average Bonchev–Trinajstić information content (AvgIpc) is 3.43. The zero-order chi connectivity index (χ0) is 21.2. The van der Waals surface area contributed by atoms with Gasteiger partial charge in [-0.1, -0.05) is 47.3 Å². The number of aromatic nitrogens is 3. The number of carbonyl (C=O) groups excluding carboxylic acids is 1. The summed E-state index contributed by atoms with van der Waals surface area (Å²) in [6.45, 7) is 3.18. The molecular formula is C23H22N4O3S. The third-order valence-electron chi connectivity index (χ3n) is 5.55. The molecule has 0 atom stereocenters. The summed E-state index contributed by atoms with van der Waals surface area (Å²) in [5.41, 5.74) is 3.33. The molecule has 1 amide bonds. The number of oxazole rings is 1. The van der Waals surface area contributed by atoms with Gasteiger partial charge in [0.25, 0.3) is 11.1 Å². The van der Waals surface area contributed by atoms with Crippen molar-refractivity contribution in [2.75, 3.05) is 13.1 Å². The molecule has 1 fully saturated rings. The molecule has 2 aromatic carbocycles. The number of likely N-dealkylation sites (tertiary alicyclic amines) is 1. The Bertz CT molecular complexity index is 1180. The molecule has 7 nitrogen and oxygen atoms in total. The molecule has 1 saturated heterocycles. The highest BCUT2D eigenvalue weighted by molar-refractivity contribution is 7.98. The maximum atomic E-state index is 13.2. The van der Waals surface area contributed by atoms with Crippen molar-refractivity contribution in [2.24, 2.45) is 0 Å². The van der Waals surface area contributed by atoms with Gasteiger partial charge < -0.3 is 13.8 Å². The van der Waals surface area contributed by atoms with E-state index < -0.39 is 0 Å². The summed E-state index contributed by atoms with van der Waals surface area (Å²) in [7, 11) is 0. The lowest BCUT2D eigenvalue weighted by Gasteiger charge is -2.31. The van der Waals surface area contributed by atoms with Crippen molar-refractivity contribution in [1.29, 1.82) is 0 Å². The van der Waals surface area contributed by atoms with Gasteiger partial charge in [-0.3, -0.25) is 4.79 Å². The highest BCUT2D eigenvalue weighted by atomic mass is 32.2. The number of rotatable bonds is 5. The molecule has 0 aliphatic carbocycles. The number of fused-ring (bicyclic) bond motifs is 1. The van der Waals surface area contributed by atoms with Crippen LogP contribution in [-0.2, 0) is 5.75 Å². The SMILES string of the molecule is Cc1noc(C2CCN(C(=O)c3ccccc3CSc3nc4ccccc4o3)CC2)n1. The number of thioether (sulfide) groups is 1. The maximum absolute atomic E-state index is 13.2. The van der Waals surface area contributed by atoms with Crippen molar-refractivity contribution in [3.63, 3.8) is 0 Å². The van der Waals surface area contributed by atoms with Crippen molar-refractivity contribution >= 4 is 28.8 Å². The van der Waals surface area contributed by atoms with E-state index in [0.29, 0.717) is 35.8 Å². The van der Waals surface area contributed by atoms with Crippen LogP contribution >= 0.6 is 11.8 Å². The van der Waals surface area contributed by atoms with Crippen LogP contribution in [0.5, 0.6) is 0 Å². The number of para-hydroxylation sites is 2. The molecule has 2 aromatic heterocycles. The van der Waals surface area contributed by atoms with Crippen LogP contribution in [0.1, 0.15) is 46.4 Å². The van der Waals surface area contributed by atoms with Gasteiger partial charge in [0.1, 0.15) is 5.52 Å². The topological polar surface area (TPSA) is 85.3 Å². The van der Waals surface area contributed by atoms with E-state index in [1.165, 1.54) is 11.8 Å². The number of piperidine rings is 1. The van der Waals surface area contributed by atoms with E-state index >= 15 is 0 Å². The summed E-state index contributed by atoms with van der Waals surface area (Å²) in [5.74, 6) is 2.23. The lowest BCUT2D eigenvalue weighted by Crippen LogP contribution is -2.38. The monoisotopic (exact) mass is 434 g/mol. The summed E-state index contributed by atoms with van der Waals surface area (Å²) in [6, 6.07) is 15.5. The number of aryl methyl sites for hydroxylation is 1. The molecule has 158 valence electrons. The normalized spacial score (nSPS) is 14.9. The van der Waals surface area contributed by atoms with E-state index in [0.717, 1.165) is 35.1 Å². The molecule has 8 heteroatoms. The van der Waals surface area contributed by atoms with Gasteiger partial charge in [0, 0.05) is 30.3 Å². The Morgan fingerprint density at radius 2 is 1.87 bits per heavy atom. The van der Waals surface area contributed by atoms with Crippen molar-refractivity contribution < 1.29 is 13.7 Å². The second kappa shape index (κ2) is 8.55. The second-order valence-corrected chi connectivity index (χ2v) is 8.57. The van der Waals surface area contributed by atoms with E-state index in [1.807, 2.05) is 60.4 Å². The van der Waals surface area contributed by atoms with Crippen molar-refractivity contribution in [3.8, 4) is 0 Å². The Hall–Kier alpha value is -3.13. The van der Waals surface area contributed by atoms with Gasteiger partial charge in [0.2, 0.25) is 5.89 Å². The molecule has 0 bridgehead atoms. The maximum Gasteiger partial charge on any atom is 0.257 e. The van der Waals surface area contributed by atoms with Gasteiger partial charge in [-0.15, -0.1) is 0 Å².